The van der Waals surface area contributed by atoms with Gasteiger partial charge in [0.25, 0.3) is 0 Å². The molecule has 4 nitrogen and oxygen atoms in total. The first-order valence-corrected chi connectivity index (χ1v) is 6.28. The number of nitrogens with one attached hydrogen (secondary N) is 1. The van der Waals surface area contributed by atoms with Crippen molar-refractivity contribution in [1.29, 1.82) is 0 Å². The molecule has 98 valence electrons. The molecular weight excluding hydrogens is 250 g/mol. The lowest BCUT2D eigenvalue weighted by atomic mass is 10.0. The highest BCUT2D eigenvalue weighted by Crippen LogP contribution is 2.29. The maximum atomic E-state index is 10.8. The Hall–Kier alpha value is -2.88. The maximum absolute atomic E-state index is 10.8. The van der Waals surface area contributed by atoms with Crippen molar-refractivity contribution in [1.82, 2.24) is 9.78 Å². The van der Waals surface area contributed by atoms with E-state index in [4.69, 9.17) is 0 Å². The lowest BCUT2D eigenvalue weighted by Crippen LogP contribution is -2.00. The molecule has 1 heterocycles. The van der Waals surface area contributed by atoms with Crippen molar-refractivity contribution < 1.29 is 4.79 Å². The molecule has 0 saturated heterocycles. The first kappa shape index (κ1) is 12.2. The number of rotatable bonds is 4. The van der Waals surface area contributed by atoms with Crippen molar-refractivity contribution in [3.63, 3.8) is 0 Å². The monoisotopic (exact) mass is 263 g/mol. The van der Waals surface area contributed by atoms with Crippen molar-refractivity contribution in [3.8, 4) is 16.8 Å². The van der Waals surface area contributed by atoms with E-state index < -0.39 is 0 Å². The molecule has 0 bridgehead atoms. The van der Waals surface area contributed by atoms with Gasteiger partial charge >= 0.3 is 0 Å². The van der Waals surface area contributed by atoms with Crippen LogP contribution in [-0.2, 0) is 4.79 Å². The summed E-state index contributed by atoms with van der Waals surface area (Å²) >= 11 is 0. The summed E-state index contributed by atoms with van der Waals surface area (Å²) in [5.74, 6) is 0. The number of benzene rings is 2. The Bertz CT molecular complexity index is 706. The molecule has 0 saturated carbocycles. The molecule has 1 aromatic heterocycles. The van der Waals surface area contributed by atoms with Gasteiger partial charge in [0.2, 0.25) is 6.41 Å². The minimum atomic E-state index is 0.689. The summed E-state index contributed by atoms with van der Waals surface area (Å²) in [5, 5.41) is 6.95. The van der Waals surface area contributed by atoms with Crippen LogP contribution < -0.4 is 5.32 Å². The van der Waals surface area contributed by atoms with Crippen molar-refractivity contribution >= 4 is 12.1 Å². The Kier molecular flexibility index (Phi) is 3.29. The van der Waals surface area contributed by atoms with Gasteiger partial charge in [-0.15, -0.1) is 0 Å². The highest BCUT2D eigenvalue weighted by Gasteiger charge is 2.07. The number of hydrogen-bond acceptors (Lipinski definition) is 2. The van der Waals surface area contributed by atoms with E-state index >= 15 is 0 Å². The summed E-state index contributed by atoms with van der Waals surface area (Å²) in [4.78, 5) is 10.8. The number of anilines is 1. The fourth-order valence-corrected chi connectivity index (χ4v) is 2.15. The van der Waals surface area contributed by atoms with Gasteiger partial charge in [-0.05, 0) is 23.8 Å². The average Bonchev–Trinajstić information content (AvgIpc) is 3.03. The molecule has 2 aromatic carbocycles. The van der Waals surface area contributed by atoms with Gasteiger partial charge in [-0.3, -0.25) is 4.79 Å². The first-order chi connectivity index (χ1) is 9.88. The Labute approximate surface area is 116 Å². The quantitative estimate of drug-likeness (QED) is 0.735. The zero-order valence-corrected chi connectivity index (χ0v) is 10.7. The third-order valence-electron chi connectivity index (χ3n) is 3.07. The lowest BCUT2D eigenvalue weighted by Gasteiger charge is -2.11. The van der Waals surface area contributed by atoms with Gasteiger partial charge in [0.15, 0.2) is 0 Å². The summed E-state index contributed by atoms with van der Waals surface area (Å²) < 4.78 is 1.75. The Morgan fingerprint density at radius 2 is 1.90 bits per heavy atom. The lowest BCUT2D eigenvalue weighted by molar-refractivity contribution is -0.105. The predicted molar refractivity (Wildman–Crippen MR) is 78.7 cm³/mol. The van der Waals surface area contributed by atoms with Gasteiger partial charge in [-0.2, -0.15) is 5.10 Å². The van der Waals surface area contributed by atoms with E-state index in [-0.39, 0.29) is 0 Å². The van der Waals surface area contributed by atoms with Crippen LogP contribution in [-0.4, -0.2) is 16.2 Å². The minimum absolute atomic E-state index is 0.689. The smallest absolute Gasteiger partial charge is 0.211 e. The molecular formula is C16H13N3O. The molecule has 0 aliphatic rings. The van der Waals surface area contributed by atoms with E-state index in [0.29, 0.717) is 6.41 Å². The molecule has 0 radical (unpaired) electrons. The zero-order valence-electron chi connectivity index (χ0n) is 10.7. The minimum Gasteiger partial charge on any atom is -0.328 e. The summed E-state index contributed by atoms with van der Waals surface area (Å²) in [5.41, 5.74) is 3.70. The van der Waals surface area contributed by atoms with Crippen molar-refractivity contribution in [2.75, 3.05) is 5.32 Å². The average molecular weight is 263 g/mol. The van der Waals surface area contributed by atoms with Gasteiger partial charge in [-0.25, -0.2) is 4.68 Å². The second-order valence-corrected chi connectivity index (χ2v) is 4.31. The number of hydrogen-bond donors (Lipinski definition) is 1. The maximum Gasteiger partial charge on any atom is 0.211 e. The van der Waals surface area contributed by atoms with Gasteiger partial charge in [0.05, 0.1) is 11.4 Å². The van der Waals surface area contributed by atoms with Gasteiger partial charge in [0, 0.05) is 18.0 Å². The zero-order chi connectivity index (χ0) is 13.8. The second-order valence-electron chi connectivity index (χ2n) is 4.31. The Morgan fingerprint density at radius 3 is 2.60 bits per heavy atom. The third-order valence-corrected chi connectivity index (χ3v) is 3.07. The van der Waals surface area contributed by atoms with Gasteiger partial charge in [-0.1, -0.05) is 36.4 Å². The molecule has 4 heteroatoms. The molecule has 0 fully saturated rings. The van der Waals surface area contributed by atoms with Crippen LogP contribution in [0.1, 0.15) is 0 Å². The highest BCUT2D eigenvalue weighted by atomic mass is 16.1. The number of carbonyl (C=O) groups is 1. The van der Waals surface area contributed by atoms with Crippen LogP contribution in [0.25, 0.3) is 16.8 Å². The molecule has 1 N–H and O–H groups in total. The third kappa shape index (κ3) is 2.31. The van der Waals surface area contributed by atoms with Crippen LogP contribution in [0.3, 0.4) is 0 Å². The van der Waals surface area contributed by atoms with Crippen LogP contribution >= 0.6 is 0 Å². The molecule has 3 aromatic rings. The van der Waals surface area contributed by atoms with Crippen LogP contribution in [0.2, 0.25) is 0 Å². The Morgan fingerprint density at radius 1 is 1.05 bits per heavy atom. The number of nitrogens with zero attached hydrogens (tertiary/aromatic N) is 2. The van der Waals surface area contributed by atoms with Crippen LogP contribution in [0.4, 0.5) is 5.69 Å². The van der Waals surface area contributed by atoms with E-state index in [1.807, 2.05) is 60.8 Å². The molecule has 0 spiro atoms. The molecule has 1 amide bonds. The molecule has 0 atom stereocenters. The molecule has 3 rings (SSSR count). The van der Waals surface area contributed by atoms with E-state index in [0.717, 1.165) is 22.5 Å². The van der Waals surface area contributed by atoms with E-state index in [9.17, 15) is 4.79 Å². The summed E-state index contributed by atoms with van der Waals surface area (Å²) in [7, 11) is 0. The molecule has 0 aliphatic carbocycles. The summed E-state index contributed by atoms with van der Waals surface area (Å²) in [6.07, 6.45) is 4.27. The standard InChI is InChI=1S/C16H13N3O/c20-12-17-16-11-14(19-10-4-9-18-19)7-8-15(16)13-5-2-1-3-6-13/h1-12H,(H,17,20). The largest absolute Gasteiger partial charge is 0.328 e. The summed E-state index contributed by atoms with van der Waals surface area (Å²) in [6, 6.07) is 17.7. The van der Waals surface area contributed by atoms with Crippen LogP contribution in [0.5, 0.6) is 0 Å². The van der Waals surface area contributed by atoms with Crippen LogP contribution in [0.15, 0.2) is 67.0 Å². The first-order valence-electron chi connectivity index (χ1n) is 6.28. The SMILES string of the molecule is O=CNc1cc(-n2cccn2)ccc1-c1ccccc1. The number of carbonyl (C=O) groups excluding carboxylic acids is 1. The molecule has 0 unspecified atom stereocenters. The summed E-state index contributed by atoms with van der Waals surface area (Å²) in [6.45, 7) is 0. The van der Waals surface area contributed by atoms with E-state index in [1.165, 1.54) is 0 Å². The van der Waals surface area contributed by atoms with Crippen molar-refractivity contribution in [2.24, 2.45) is 0 Å². The highest BCUT2D eigenvalue weighted by molar-refractivity contribution is 5.86. The second kappa shape index (κ2) is 5.40. The fraction of sp³-hybridized carbons (Fsp3) is 0. The van der Waals surface area contributed by atoms with Gasteiger partial charge < -0.3 is 5.32 Å². The molecule has 0 aliphatic heterocycles. The van der Waals surface area contributed by atoms with Crippen LogP contribution in [0, 0.1) is 0 Å². The number of aromatic nitrogens is 2. The molecule has 20 heavy (non-hydrogen) atoms. The van der Waals surface area contributed by atoms with Crippen molar-refractivity contribution in [3.05, 3.63) is 67.0 Å². The van der Waals surface area contributed by atoms with Crippen molar-refractivity contribution in [2.45, 2.75) is 0 Å². The Balaban J connectivity index is 2.09. The van der Waals surface area contributed by atoms with Gasteiger partial charge in [0.1, 0.15) is 0 Å². The topological polar surface area (TPSA) is 46.9 Å². The normalized spacial score (nSPS) is 10.2. The van der Waals surface area contributed by atoms with E-state index in [2.05, 4.69) is 10.4 Å². The predicted octanol–water partition coefficient (Wildman–Crippen LogP) is 3.11. The fourth-order valence-electron chi connectivity index (χ4n) is 2.15. The van der Waals surface area contributed by atoms with E-state index in [1.54, 1.807) is 10.9 Å². The number of amides is 1.